The largest absolute Gasteiger partial charge is 0.464 e. The summed E-state index contributed by atoms with van der Waals surface area (Å²) < 4.78 is 10.4. The van der Waals surface area contributed by atoms with Crippen molar-refractivity contribution in [2.75, 3.05) is 6.61 Å². The van der Waals surface area contributed by atoms with Gasteiger partial charge in [-0.3, -0.25) is 4.79 Å². The maximum atomic E-state index is 12.4. The zero-order valence-electron chi connectivity index (χ0n) is 12.1. The number of hydrogen-bond donors (Lipinski definition) is 1. The fraction of sp³-hybridized carbons (Fsp3) is 0.375. The van der Waals surface area contributed by atoms with E-state index in [0.717, 1.165) is 17.4 Å². The zero-order valence-corrected chi connectivity index (χ0v) is 12.1. The van der Waals surface area contributed by atoms with Crippen molar-refractivity contribution in [2.24, 2.45) is 0 Å². The number of benzene rings is 1. The van der Waals surface area contributed by atoms with Gasteiger partial charge >= 0.3 is 5.97 Å². The van der Waals surface area contributed by atoms with Gasteiger partial charge in [-0.25, -0.2) is 4.79 Å². The molecule has 2 aromatic rings. The number of hydrogen-bond acceptors (Lipinski definition) is 4. The van der Waals surface area contributed by atoms with Crippen molar-refractivity contribution in [1.29, 1.82) is 0 Å². The molecule has 1 aliphatic heterocycles. The van der Waals surface area contributed by atoms with E-state index in [1.165, 1.54) is 6.26 Å². The van der Waals surface area contributed by atoms with Crippen LogP contribution in [0.15, 0.2) is 28.9 Å². The smallest absolute Gasteiger partial charge is 0.331 e. The van der Waals surface area contributed by atoms with Gasteiger partial charge in [0.15, 0.2) is 0 Å². The summed E-state index contributed by atoms with van der Waals surface area (Å²) in [5.74, 6) is -0.707. The average Bonchev–Trinajstić information content (AvgIpc) is 3.02. The Morgan fingerprint density at radius 2 is 2.24 bits per heavy atom. The van der Waals surface area contributed by atoms with Gasteiger partial charge in [-0.1, -0.05) is 13.0 Å². The molecule has 0 radical (unpaired) electrons. The molecule has 0 spiro atoms. The molecule has 1 saturated heterocycles. The van der Waals surface area contributed by atoms with E-state index in [-0.39, 0.29) is 5.91 Å². The molecule has 0 saturated carbocycles. The van der Waals surface area contributed by atoms with Crippen LogP contribution in [0.3, 0.4) is 0 Å². The van der Waals surface area contributed by atoms with Crippen LogP contribution in [0.25, 0.3) is 11.0 Å². The van der Waals surface area contributed by atoms with Crippen molar-refractivity contribution in [3.63, 3.8) is 0 Å². The van der Waals surface area contributed by atoms with Gasteiger partial charge in [0.25, 0.3) is 5.91 Å². The molecular weight excluding hydrogens is 270 g/mol. The summed E-state index contributed by atoms with van der Waals surface area (Å²) in [5.41, 5.74) is 1.28. The Morgan fingerprint density at radius 3 is 2.90 bits per heavy atom. The van der Waals surface area contributed by atoms with Crippen LogP contribution in [-0.4, -0.2) is 24.0 Å². The normalized spacial score (nSPS) is 21.5. The quantitative estimate of drug-likeness (QED) is 0.880. The van der Waals surface area contributed by atoms with E-state index in [2.05, 4.69) is 12.2 Å². The number of carbonyl (C=O) groups is 2. The Labute approximate surface area is 122 Å². The number of aryl methyl sites for hydroxylation is 1. The fourth-order valence-electron chi connectivity index (χ4n) is 2.51. The summed E-state index contributed by atoms with van der Waals surface area (Å²) in [7, 11) is 0. The Morgan fingerprint density at radius 1 is 1.43 bits per heavy atom. The lowest BCUT2D eigenvalue weighted by atomic mass is 10.00. The third kappa shape index (κ3) is 2.28. The van der Waals surface area contributed by atoms with Crippen LogP contribution in [-0.2, 0) is 16.0 Å². The predicted octanol–water partition coefficient (Wildman–Crippen LogP) is 2.43. The molecule has 1 unspecified atom stereocenters. The summed E-state index contributed by atoms with van der Waals surface area (Å²) in [6, 6.07) is 5.78. The number of cyclic esters (lactones) is 1. The van der Waals surface area contributed by atoms with Crippen LogP contribution in [0, 0.1) is 0 Å². The third-order valence-corrected chi connectivity index (χ3v) is 3.97. The van der Waals surface area contributed by atoms with Crippen LogP contribution < -0.4 is 5.32 Å². The molecule has 1 aliphatic rings. The lowest BCUT2D eigenvalue weighted by Gasteiger charge is -2.20. The number of ether oxygens (including phenoxy) is 1. The molecule has 0 bridgehead atoms. The Balaban J connectivity index is 1.93. The fourth-order valence-corrected chi connectivity index (χ4v) is 2.51. The number of esters is 1. The molecule has 21 heavy (non-hydrogen) atoms. The SMILES string of the molecule is CCc1ccc2occ(C(=O)NC3(C)CCOC3=O)c2c1. The number of amides is 1. The molecule has 1 amide bonds. The van der Waals surface area contributed by atoms with E-state index in [1.807, 2.05) is 18.2 Å². The van der Waals surface area contributed by atoms with Gasteiger partial charge in [0.05, 0.1) is 12.2 Å². The maximum absolute atomic E-state index is 12.4. The highest BCUT2D eigenvalue weighted by Gasteiger charge is 2.41. The number of nitrogens with one attached hydrogen (secondary N) is 1. The van der Waals surface area contributed by atoms with Gasteiger partial charge < -0.3 is 14.5 Å². The van der Waals surface area contributed by atoms with Gasteiger partial charge in [-0.2, -0.15) is 0 Å². The minimum absolute atomic E-state index is 0.316. The first kappa shape index (κ1) is 13.7. The Hall–Kier alpha value is -2.30. The molecule has 5 heteroatoms. The van der Waals surface area contributed by atoms with Gasteiger partial charge in [0, 0.05) is 11.8 Å². The summed E-state index contributed by atoms with van der Waals surface area (Å²) in [5, 5.41) is 3.53. The standard InChI is InChI=1S/C16H17NO4/c1-3-10-4-5-13-11(8-10)12(9-21-13)14(18)17-16(2)6-7-20-15(16)19/h4-5,8-9H,3,6-7H2,1-2H3,(H,17,18). The summed E-state index contributed by atoms with van der Waals surface area (Å²) in [6.45, 7) is 4.07. The third-order valence-electron chi connectivity index (χ3n) is 3.97. The first-order valence-electron chi connectivity index (χ1n) is 7.03. The van der Waals surface area contributed by atoms with Crippen molar-refractivity contribution in [3.05, 3.63) is 35.6 Å². The molecule has 1 aromatic carbocycles. The molecule has 110 valence electrons. The lowest BCUT2D eigenvalue weighted by molar-refractivity contribution is -0.142. The highest BCUT2D eigenvalue weighted by molar-refractivity contribution is 6.07. The molecule has 1 fully saturated rings. The second kappa shape index (κ2) is 4.91. The van der Waals surface area contributed by atoms with Gasteiger partial charge in [-0.05, 0) is 31.0 Å². The van der Waals surface area contributed by atoms with E-state index in [4.69, 9.17) is 9.15 Å². The van der Waals surface area contributed by atoms with Crippen LogP contribution in [0.5, 0.6) is 0 Å². The highest BCUT2D eigenvalue weighted by Crippen LogP contribution is 2.25. The van der Waals surface area contributed by atoms with E-state index < -0.39 is 11.5 Å². The van der Waals surface area contributed by atoms with Crippen molar-refractivity contribution >= 4 is 22.8 Å². The summed E-state index contributed by atoms with van der Waals surface area (Å²) >= 11 is 0. The van der Waals surface area contributed by atoms with Crippen molar-refractivity contribution in [3.8, 4) is 0 Å². The average molecular weight is 287 g/mol. The number of fused-ring (bicyclic) bond motifs is 1. The zero-order chi connectivity index (χ0) is 15.0. The second-order valence-electron chi connectivity index (χ2n) is 5.51. The van der Waals surface area contributed by atoms with Crippen LogP contribution >= 0.6 is 0 Å². The van der Waals surface area contributed by atoms with E-state index in [9.17, 15) is 9.59 Å². The molecule has 1 atom stereocenters. The Bertz CT molecular complexity index is 718. The topological polar surface area (TPSA) is 68.5 Å². The minimum atomic E-state index is -0.955. The minimum Gasteiger partial charge on any atom is -0.464 e. The van der Waals surface area contributed by atoms with Crippen molar-refractivity contribution in [2.45, 2.75) is 32.2 Å². The maximum Gasteiger partial charge on any atom is 0.331 e. The summed E-state index contributed by atoms with van der Waals surface area (Å²) in [6.07, 6.45) is 2.79. The monoisotopic (exact) mass is 287 g/mol. The molecule has 3 rings (SSSR count). The van der Waals surface area contributed by atoms with Gasteiger partial charge in [0.2, 0.25) is 0 Å². The predicted molar refractivity (Wildman–Crippen MR) is 77.0 cm³/mol. The summed E-state index contributed by atoms with van der Waals surface area (Å²) in [4.78, 5) is 24.2. The molecule has 5 nitrogen and oxygen atoms in total. The number of carbonyl (C=O) groups excluding carboxylic acids is 2. The van der Waals surface area contributed by atoms with Crippen LogP contribution in [0.4, 0.5) is 0 Å². The van der Waals surface area contributed by atoms with E-state index in [0.29, 0.717) is 24.2 Å². The van der Waals surface area contributed by atoms with Gasteiger partial charge in [0.1, 0.15) is 17.4 Å². The van der Waals surface area contributed by atoms with E-state index in [1.54, 1.807) is 6.92 Å². The Kier molecular flexibility index (Phi) is 3.20. The first-order valence-corrected chi connectivity index (χ1v) is 7.03. The van der Waals surface area contributed by atoms with Gasteiger partial charge in [-0.15, -0.1) is 0 Å². The number of rotatable bonds is 3. The lowest BCUT2D eigenvalue weighted by Crippen LogP contribution is -2.49. The highest BCUT2D eigenvalue weighted by atomic mass is 16.5. The number of furan rings is 1. The van der Waals surface area contributed by atoms with Crippen LogP contribution in [0.1, 0.15) is 36.2 Å². The van der Waals surface area contributed by atoms with Crippen LogP contribution in [0.2, 0.25) is 0 Å². The molecule has 2 heterocycles. The van der Waals surface area contributed by atoms with E-state index >= 15 is 0 Å². The van der Waals surface area contributed by atoms with Crippen molar-refractivity contribution < 1.29 is 18.7 Å². The molecule has 1 aromatic heterocycles. The second-order valence-corrected chi connectivity index (χ2v) is 5.51. The molecule has 1 N–H and O–H groups in total. The van der Waals surface area contributed by atoms with Crippen molar-refractivity contribution in [1.82, 2.24) is 5.32 Å². The molecule has 0 aliphatic carbocycles. The molecular formula is C16H17NO4. The first-order chi connectivity index (χ1) is 10.0.